The predicted octanol–water partition coefficient (Wildman–Crippen LogP) is 1.55. The Morgan fingerprint density at radius 1 is 1.36 bits per heavy atom. The number of nitrogens with one attached hydrogen (secondary N) is 1. The van der Waals surface area contributed by atoms with Gasteiger partial charge in [-0.2, -0.15) is 0 Å². The standard InChI is InChI=1S/C12H16N2/c1-9-4-2-3-5-12(9)14-8-10-6-11(14)7-13-10/h2-5,10-11,13H,6-8H2,1H3/t10-,11+/m1/s1. The summed E-state index contributed by atoms with van der Waals surface area (Å²) in [5.41, 5.74) is 2.83. The van der Waals surface area contributed by atoms with Crippen molar-refractivity contribution in [3.05, 3.63) is 29.8 Å². The number of para-hydroxylation sites is 1. The van der Waals surface area contributed by atoms with Gasteiger partial charge in [0.2, 0.25) is 0 Å². The molecule has 2 atom stereocenters. The largest absolute Gasteiger partial charge is 0.365 e. The fraction of sp³-hybridized carbons (Fsp3) is 0.500. The van der Waals surface area contributed by atoms with E-state index in [2.05, 4.69) is 41.4 Å². The average molecular weight is 188 g/mol. The molecule has 1 aromatic rings. The average Bonchev–Trinajstić information content (AvgIpc) is 2.79. The van der Waals surface area contributed by atoms with E-state index in [-0.39, 0.29) is 0 Å². The molecule has 0 unspecified atom stereocenters. The van der Waals surface area contributed by atoms with Gasteiger partial charge < -0.3 is 10.2 Å². The molecule has 2 aliphatic rings. The van der Waals surface area contributed by atoms with Crippen LogP contribution in [0.15, 0.2) is 24.3 Å². The molecule has 2 fully saturated rings. The highest BCUT2D eigenvalue weighted by atomic mass is 15.3. The summed E-state index contributed by atoms with van der Waals surface area (Å²) in [5, 5.41) is 3.53. The first-order chi connectivity index (χ1) is 6.84. The number of piperazine rings is 1. The van der Waals surface area contributed by atoms with Crippen LogP contribution < -0.4 is 10.2 Å². The van der Waals surface area contributed by atoms with Crippen LogP contribution in [0.25, 0.3) is 0 Å². The summed E-state index contributed by atoms with van der Waals surface area (Å²) in [5.74, 6) is 0. The number of fused-ring (bicyclic) bond motifs is 2. The van der Waals surface area contributed by atoms with Gasteiger partial charge in [0.1, 0.15) is 0 Å². The van der Waals surface area contributed by atoms with Gasteiger partial charge >= 0.3 is 0 Å². The lowest BCUT2D eigenvalue weighted by atomic mass is 10.1. The number of rotatable bonds is 1. The van der Waals surface area contributed by atoms with Crippen molar-refractivity contribution >= 4 is 5.69 Å². The number of aryl methyl sites for hydroxylation is 1. The highest BCUT2D eigenvalue weighted by Crippen LogP contribution is 2.31. The van der Waals surface area contributed by atoms with Gasteiger partial charge in [0.05, 0.1) is 0 Å². The maximum Gasteiger partial charge on any atom is 0.0430 e. The van der Waals surface area contributed by atoms with Crippen LogP contribution in [-0.4, -0.2) is 25.2 Å². The smallest absolute Gasteiger partial charge is 0.0430 e. The molecule has 2 saturated heterocycles. The van der Waals surface area contributed by atoms with Crippen molar-refractivity contribution in [3.8, 4) is 0 Å². The summed E-state index contributed by atoms with van der Waals surface area (Å²) in [7, 11) is 0. The fourth-order valence-electron chi connectivity index (χ4n) is 2.74. The first-order valence-corrected chi connectivity index (χ1v) is 5.40. The number of hydrogen-bond acceptors (Lipinski definition) is 2. The number of anilines is 1. The number of hydrogen-bond donors (Lipinski definition) is 1. The monoisotopic (exact) mass is 188 g/mol. The van der Waals surface area contributed by atoms with Crippen LogP contribution >= 0.6 is 0 Å². The summed E-state index contributed by atoms with van der Waals surface area (Å²) < 4.78 is 0. The Labute approximate surface area is 84.9 Å². The molecule has 0 radical (unpaired) electrons. The normalized spacial score (nSPS) is 29.9. The molecule has 2 nitrogen and oxygen atoms in total. The molecule has 0 aliphatic carbocycles. The molecule has 0 amide bonds. The highest BCUT2D eigenvalue weighted by molar-refractivity contribution is 5.55. The molecule has 0 spiro atoms. The quantitative estimate of drug-likeness (QED) is 0.719. The molecule has 14 heavy (non-hydrogen) atoms. The zero-order chi connectivity index (χ0) is 9.54. The Morgan fingerprint density at radius 3 is 2.86 bits per heavy atom. The van der Waals surface area contributed by atoms with E-state index in [0.29, 0.717) is 0 Å². The lowest BCUT2D eigenvalue weighted by molar-refractivity contribution is 0.579. The van der Waals surface area contributed by atoms with Crippen molar-refractivity contribution in [1.82, 2.24) is 5.32 Å². The van der Waals surface area contributed by atoms with Gasteiger partial charge in [0.25, 0.3) is 0 Å². The Hall–Kier alpha value is -1.02. The molecule has 1 N–H and O–H groups in total. The summed E-state index contributed by atoms with van der Waals surface area (Å²) in [6.45, 7) is 4.56. The highest BCUT2D eigenvalue weighted by Gasteiger charge is 2.37. The lowest BCUT2D eigenvalue weighted by Crippen LogP contribution is -2.43. The minimum Gasteiger partial charge on any atom is -0.365 e. The van der Waals surface area contributed by atoms with E-state index in [9.17, 15) is 0 Å². The van der Waals surface area contributed by atoms with Crippen molar-refractivity contribution in [3.63, 3.8) is 0 Å². The van der Waals surface area contributed by atoms with Crippen molar-refractivity contribution < 1.29 is 0 Å². The molecule has 2 heteroatoms. The molecule has 2 bridgehead atoms. The van der Waals surface area contributed by atoms with Crippen LogP contribution in [0, 0.1) is 6.92 Å². The zero-order valence-electron chi connectivity index (χ0n) is 8.53. The number of nitrogens with zero attached hydrogens (tertiary/aromatic N) is 1. The van der Waals surface area contributed by atoms with E-state index in [4.69, 9.17) is 0 Å². The Balaban J connectivity index is 1.93. The van der Waals surface area contributed by atoms with E-state index in [0.717, 1.165) is 12.1 Å². The Kier molecular flexibility index (Phi) is 1.77. The first-order valence-electron chi connectivity index (χ1n) is 5.40. The molecule has 2 aliphatic heterocycles. The second-order valence-electron chi connectivity index (χ2n) is 4.43. The van der Waals surface area contributed by atoms with Crippen molar-refractivity contribution in [2.45, 2.75) is 25.4 Å². The third-order valence-corrected chi connectivity index (χ3v) is 3.48. The predicted molar refractivity (Wildman–Crippen MR) is 58.7 cm³/mol. The van der Waals surface area contributed by atoms with E-state index in [1.54, 1.807) is 0 Å². The molecule has 0 saturated carbocycles. The van der Waals surface area contributed by atoms with E-state index < -0.39 is 0 Å². The molecule has 2 heterocycles. The van der Waals surface area contributed by atoms with Crippen molar-refractivity contribution in [1.29, 1.82) is 0 Å². The zero-order valence-corrected chi connectivity index (χ0v) is 8.53. The minimum atomic E-state index is 0.736. The van der Waals surface area contributed by atoms with Crippen molar-refractivity contribution in [2.75, 3.05) is 18.0 Å². The minimum absolute atomic E-state index is 0.736. The van der Waals surface area contributed by atoms with Gasteiger partial charge in [-0.3, -0.25) is 0 Å². The third kappa shape index (κ3) is 1.14. The van der Waals surface area contributed by atoms with Gasteiger partial charge in [-0.15, -0.1) is 0 Å². The summed E-state index contributed by atoms with van der Waals surface area (Å²) in [6, 6.07) is 10.2. The summed E-state index contributed by atoms with van der Waals surface area (Å²) in [4.78, 5) is 2.57. The Bertz CT molecular complexity index is 348. The van der Waals surface area contributed by atoms with Gasteiger partial charge in [-0.05, 0) is 25.0 Å². The topological polar surface area (TPSA) is 15.3 Å². The molecular weight excluding hydrogens is 172 g/mol. The first kappa shape index (κ1) is 8.30. The van der Waals surface area contributed by atoms with E-state index in [1.807, 2.05) is 0 Å². The lowest BCUT2D eigenvalue weighted by Gasteiger charge is -2.30. The molecule has 74 valence electrons. The molecule has 0 aromatic heterocycles. The van der Waals surface area contributed by atoms with E-state index in [1.165, 1.54) is 30.8 Å². The fourth-order valence-corrected chi connectivity index (χ4v) is 2.74. The van der Waals surface area contributed by atoms with Gasteiger partial charge in [0, 0.05) is 30.9 Å². The van der Waals surface area contributed by atoms with Crippen LogP contribution in [0.1, 0.15) is 12.0 Å². The van der Waals surface area contributed by atoms with Gasteiger partial charge in [-0.1, -0.05) is 18.2 Å². The second kappa shape index (κ2) is 2.99. The Morgan fingerprint density at radius 2 is 2.21 bits per heavy atom. The van der Waals surface area contributed by atoms with Crippen LogP contribution in [0.3, 0.4) is 0 Å². The maximum absolute atomic E-state index is 3.53. The molecule has 3 rings (SSSR count). The summed E-state index contributed by atoms with van der Waals surface area (Å²) in [6.07, 6.45) is 1.33. The van der Waals surface area contributed by atoms with Crippen LogP contribution in [-0.2, 0) is 0 Å². The van der Waals surface area contributed by atoms with Crippen LogP contribution in [0.5, 0.6) is 0 Å². The third-order valence-electron chi connectivity index (χ3n) is 3.48. The van der Waals surface area contributed by atoms with Gasteiger partial charge in [0.15, 0.2) is 0 Å². The summed E-state index contributed by atoms with van der Waals surface area (Å²) >= 11 is 0. The van der Waals surface area contributed by atoms with Gasteiger partial charge in [-0.25, -0.2) is 0 Å². The maximum atomic E-state index is 3.53. The van der Waals surface area contributed by atoms with Crippen LogP contribution in [0.4, 0.5) is 5.69 Å². The van der Waals surface area contributed by atoms with Crippen molar-refractivity contribution in [2.24, 2.45) is 0 Å². The van der Waals surface area contributed by atoms with Crippen LogP contribution in [0.2, 0.25) is 0 Å². The molecular formula is C12H16N2. The second-order valence-corrected chi connectivity index (χ2v) is 4.43. The number of benzene rings is 1. The molecule has 1 aromatic carbocycles. The van der Waals surface area contributed by atoms with E-state index >= 15 is 0 Å². The SMILES string of the molecule is Cc1ccccc1N1C[C@H]2C[C@H]1CN2.